The van der Waals surface area contributed by atoms with Crippen LogP contribution in [0.2, 0.25) is 5.02 Å². The summed E-state index contributed by atoms with van der Waals surface area (Å²) in [6.45, 7) is 0. The normalized spacial score (nSPS) is 10.9. The zero-order valence-corrected chi connectivity index (χ0v) is 13.6. The third-order valence-electron chi connectivity index (χ3n) is 3.06. The van der Waals surface area contributed by atoms with Gasteiger partial charge in [0.05, 0.1) is 33.3 Å². The molecule has 6 heteroatoms. The van der Waals surface area contributed by atoms with Crippen molar-refractivity contribution in [3.63, 3.8) is 0 Å². The number of hydrogen-bond donors (Lipinski definition) is 1. The maximum Gasteiger partial charge on any atom is 0.182 e. The molecule has 0 fully saturated rings. The molecule has 0 unspecified atom stereocenters. The van der Waals surface area contributed by atoms with E-state index in [1.165, 1.54) is 0 Å². The Morgan fingerprint density at radius 3 is 2.85 bits per heavy atom. The molecule has 3 aromatic rings. The molecule has 1 aromatic heterocycles. The number of benzene rings is 2. The Kier molecular flexibility index (Phi) is 3.58. The number of imidazole rings is 1. The van der Waals surface area contributed by atoms with Crippen LogP contribution in [-0.4, -0.2) is 16.7 Å². The van der Waals surface area contributed by atoms with Gasteiger partial charge in [0.15, 0.2) is 4.77 Å². The van der Waals surface area contributed by atoms with Crippen LogP contribution < -0.4 is 4.74 Å². The van der Waals surface area contributed by atoms with Crippen LogP contribution in [0.5, 0.6) is 5.75 Å². The van der Waals surface area contributed by atoms with E-state index in [9.17, 15) is 0 Å². The zero-order chi connectivity index (χ0) is 14.3. The van der Waals surface area contributed by atoms with Gasteiger partial charge in [-0.1, -0.05) is 17.7 Å². The molecule has 0 saturated carbocycles. The molecule has 0 bridgehead atoms. The number of nitrogens with zero attached hydrogens (tertiary/aromatic N) is 1. The summed E-state index contributed by atoms with van der Waals surface area (Å²) in [5, 5.41) is 0.649. The summed E-state index contributed by atoms with van der Waals surface area (Å²) < 4.78 is 8.76. The summed E-state index contributed by atoms with van der Waals surface area (Å²) in [4.78, 5) is 3.14. The molecule has 1 N–H and O–H groups in total. The molecule has 3 rings (SSSR count). The van der Waals surface area contributed by atoms with Gasteiger partial charge in [-0.05, 0) is 52.4 Å². The lowest BCUT2D eigenvalue weighted by Gasteiger charge is -2.08. The van der Waals surface area contributed by atoms with Crippen molar-refractivity contribution in [2.24, 2.45) is 0 Å². The minimum atomic E-state index is 0.595. The lowest BCUT2D eigenvalue weighted by atomic mass is 10.2. The first-order chi connectivity index (χ1) is 9.61. The predicted molar refractivity (Wildman–Crippen MR) is 87.7 cm³/mol. The average molecular weight is 370 g/mol. The van der Waals surface area contributed by atoms with E-state index >= 15 is 0 Å². The van der Waals surface area contributed by atoms with E-state index in [-0.39, 0.29) is 0 Å². The number of hydrogen-bond acceptors (Lipinski definition) is 2. The third kappa shape index (κ3) is 2.16. The fourth-order valence-electron chi connectivity index (χ4n) is 2.14. The van der Waals surface area contributed by atoms with Crippen molar-refractivity contribution in [3.05, 3.63) is 50.7 Å². The lowest BCUT2D eigenvalue weighted by molar-refractivity contribution is 0.412. The number of aromatic amines is 1. The van der Waals surface area contributed by atoms with Crippen molar-refractivity contribution in [1.29, 1.82) is 0 Å². The number of para-hydroxylation sites is 1. The fourth-order valence-corrected chi connectivity index (χ4v) is 3.07. The number of rotatable bonds is 2. The van der Waals surface area contributed by atoms with Gasteiger partial charge in [0.1, 0.15) is 5.75 Å². The van der Waals surface area contributed by atoms with E-state index in [1.54, 1.807) is 7.11 Å². The van der Waals surface area contributed by atoms with Gasteiger partial charge in [-0.15, -0.1) is 0 Å². The summed E-state index contributed by atoms with van der Waals surface area (Å²) >= 11 is 15.0. The molecule has 0 spiro atoms. The van der Waals surface area contributed by atoms with Crippen LogP contribution >= 0.6 is 39.7 Å². The van der Waals surface area contributed by atoms with Crippen LogP contribution in [0.4, 0.5) is 0 Å². The molecule has 0 aliphatic heterocycles. The Hall–Kier alpha value is -1.30. The van der Waals surface area contributed by atoms with Gasteiger partial charge in [0.2, 0.25) is 0 Å². The van der Waals surface area contributed by atoms with Crippen molar-refractivity contribution in [3.8, 4) is 11.4 Å². The number of aromatic nitrogens is 2. The average Bonchev–Trinajstić information content (AvgIpc) is 2.77. The van der Waals surface area contributed by atoms with Crippen LogP contribution in [0.1, 0.15) is 0 Å². The molecular formula is C14H10BrClN2OS. The van der Waals surface area contributed by atoms with E-state index in [2.05, 4.69) is 20.9 Å². The molecule has 0 aliphatic rings. The smallest absolute Gasteiger partial charge is 0.182 e. The molecule has 0 radical (unpaired) electrons. The maximum atomic E-state index is 6.19. The van der Waals surface area contributed by atoms with E-state index < -0.39 is 0 Å². The second-order valence-electron chi connectivity index (χ2n) is 4.22. The number of methoxy groups -OCH3 is 1. The van der Waals surface area contributed by atoms with Crippen LogP contribution in [-0.2, 0) is 0 Å². The highest BCUT2D eigenvalue weighted by Gasteiger charge is 2.10. The maximum absolute atomic E-state index is 6.19. The summed E-state index contributed by atoms with van der Waals surface area (Å²) in [7, 11) is 1.63. The van der Waals surface area contributed by atoms with Crippen molar-refractivity contribution in [2.45, 2.75) is 0 Å². The SMILES string of the molecule is COc1cc(-n2c(=S)[nH]c3c(Cl)cccc32)ccc1Br. The summed E-state index contributed by atoms with van der Waals surface area (Å²) in [6.07, 6.45) is 0. The number of fused-ring (bicyclic) bond motifs is 1. The first kappa shape index (κ1) is 13.7. The predicted octanol–water partition coefficient (Wildman–Crippen LogP) is 5.11. The Bertz CT molecular complexity index is 856. The lowest BCUT2D eigenvalue weighted by Crippen LogP contribution is -1.95. The Balaban J connectivity index is 2.32. The largest absolute Gasteiger partial charge is 0.495 e. The monoisotopic (exact) mass is 368 g/mol. The van der Waals surface area contributed by atoms with Gasteiger partial charge in [-0.2, -0.15) is 0 Å². The fraction of sp³-hybridized carbons (Fsp3) is 0.0714. The van der Waals surface area contributed by atoms with E-state index in [1.807, 2.05) is 41.0 Å². The van der Waals surface area contributed by atoms with Crippen molar-refractivity contribution in [1.82, 2.24) is 9.55 Å². The molecule has 0 atom stereocenters. The van der Waals surface area contributed by atoms with Crippen LogP contribution in [0.15, 0.2) is 40.9 Å². The number of H-pyrrole nitrogens is 1. The van der Waals surface area contributed by atoms with Crippen molar-refractivity contribution < 1.29 is 4.74 Å². The molecule has 2 aromatic carbocycles. The van der Waals surface area contributed by atoms with Gasteiger partial charge in [-0.25, -0.2) is 0 Å². The minimum Gasteiger partial charge on any atom is -0.495 e. The van der Waals surface area contributed by atoms with Gasteiger partial charge in [0.25, 0.3) is 0 Å². The molecule has 0 saturated heterocycles. The summed E-state index contributed by atoms with van der Waals surface area (Å²) in [6, 6.07) is 11.5. The second-order valence-corrected chi connectivity index (χ2v) is 5.87. The number of halogens is 2. The van der Waals surface area contributed by atoms with Crippen LogP contribution in [0.3, 0.4) is 0 Å². The van der Waals surface area contributed by atoms with Crippen molar-refractivity contribution in [2.75, 3.05) is 7.11 Å². The topological polar surface area (TPSA) is 29.9 Å². The zero-order valence-electron chi connectivity index (χ0n) is 10.5. The molecule has 0 aliphatic carbocycles. The van der Waals surface area contributed by atoms with E-state index in [4.69, 9.17) is 28.6 Å². The standard InChI is InChI=1S/C14H10BrClN2OS/c1-19-12-7-8(5-6-9(12)15)18-11-4-2-3-10(16)13(11)17-14(18)20/h2-7H,1H3,(H,17,20). The van der Waals surface area contributed by atoms with Crippen LogP contribution in [0.25, 0.3) is 16.7 Å². The van der Waals surface area contributed by atoms with Crippen molar-refractivity contribution >= 4 is 50.8 Å². The molecule has 3 nitrogen and oxygen atoms in total. The van der Waals surface area contributed by atoms with Gasteiger partial charge in [-0.3, -0.25) is 4.57 Å². The summed E-state index contributed by atoms with van der Waals surface area (Å²) in [5.74, 6) is 0.751. The van der Waals surface area contributed by atoms with E-state index in [0.717, 1.165) is 26.9 Å². The molecule has 1 heterocycles. The van der Waals surface area contributed by atoms with Gasteiger partial charge >= 0.3 is 0 Å². The highest BCUT2D eigenvalue weighted by molar-refractivity contribution is 9.10. The Labute approximate surface area is 134 Å². The van der Waals surface area contributed by atoms with Gasteiger partial charge in [0, 0.05) is 6.07 Å². The molecule has 102 valence electrons. The molecule has 0 amide bonds. The van der Waals surface area contributed by atoms with Gasteiger partial charge < -0.3 is 9.72 Å². The highest BCUT2D eigenvalue weighted by Crippen LogP contribution is 2.30. The van der Waals surface area contributed by atoms with E-state index in [0.29, 0.717) is 9.79 Å². The minimum absolute atomic E-state index is 0.595. The quantitative estimate of drug-likeness (QED) is 0.636. The molecular weight excluding hydrogens is 360 g/mol. The molecule has 20 heavy (non-hydrogen) atoms. The Morgan fingerprint density at radius 2 is 2.10 bits per heavy atom. The summed E-state index contributed by atoms with van der Waals surface area (Å²) in [5.41, 5.74) is 2.69. The first-order valence-electron chi connectivity index (χ1n) is 5.85. The third-order valence-corrected chi connectivity index (χ3v) is 4.32. The Morgan fingerprint density at radius 1 is 1.30 bits per heavy atom. The second kappa shape index (κ2) is 5.24. The highest BCUT2D eigenvalue weighted by atomic mass is 79.9. The van der Waals surface area contributed by atoms with Crippen LogP contribution in [0, 0.1) is 4.77 Å². The first-order valence-corrected chi connectivity index (χ1v) is 7.43. The number of nitrogens with one attached hydrogen (secondary N) is 1. The number of ether oxygens (including phenoxy) is 1.